The van der Waals surface area contributed by atoms with E-state index in [1.54, 1.807) is 7.11 Å². The highest BCUT2D eigenvalue weighted by molar-refractivity contribution is 6.07. The second-order valence-corrected chi connectivity index (χ2v) is 7.32. The normalized spacial score (nSPS) is 22.7. The maximum Gasteiger partial charge on any atom is 0.254 e. The maximum atomic E-state index is 13.1. The highest BCUT2D eigenvalue weighted by atomic mass is 16.5. The number of hydrogen-bond donors (Lipinski definition) is 0. The van der Waals surface area contributed by atoms with Crippen LogP contribution in [-0.4, -0.2) is 61.5 Å². The molecule has 2 aromatic rings. The van der Waals surface area contributed by atoms with Gasteiger partial charge in [-0.25, -0.2) is 0 Å². The summed E-state index contributed by atoms with van der Waals surface area (Å²) in [6, 6.07) is 13.8. The van der Waals surface area contributed by atoms with E-state index in [4.69, 9.17) is 4.74 Å². The molecular formula is C21H24N2O3. The summed E-state index contributed by atoms with van der Waals surface area (Å²) in [6.07, 6.45) is 1.58. The van der Waals surface area contributed by atoms with Crippen LogP contribution in [0.5, 0.6) is 0 Å². The molecule has 2 fully saturated rings. The van der Waals surface area contributed by atoms with Crippen molar-refractivity contribution in [2.24, 2.45) is 5.41 Å². The van der Waals surface area contributed by atoms with Crippen LogP contribution in [0.25, 0.3) is 10.8 Å². The van der Waals surface area contributed by atoms with E-state index in [2.05, 4.69) is 0 Å². The summed E-state index contributed by atoms with van der Waals surface area (Å²) in [4.78, 5) is 29.8. The molecule has 2 amide bonds. The van der Waals surface area contributed by atoms with Crippen LogP contribution in [0.3, 0.4) is 0 Å². The van der Waals surface area contributed by atoms with Crippen LogP contribution in [0, 0.1) is 5.41 Å². The second kappa shape index (κ2) is 6.72. The number of carbonyl (C=O) groups is 2. The Hall–Kier alpha value is -2.40. The van der Waals surface area contributed by atoms with Crippen molar-refractivity contribution < 1.29 is 14.3 Å². The van der Waals surface area contributed by atoms with Crippen LogP contribution in [0.15, 0.2) is 42.5 Å². The number of carbonyl (C=O) groups excluding carboxylic acids is 2. The van der Waals surface area contributed by atoms with Gasteiger partial charge in [-0.15, -0.1) is 0 Å². The first kappa shape index (κ1) is 17.0. The molecule has 5 nitrogen and oxygen atoms in total. The fraction of sp³-hybridized carbons (Fsp3) is 0.429. The fourth-order valence-electron chi connectivity index (χ4n) is 4.31. The van der Waals surface area contributed by atoms with Crippen molar-refractivity contribution in [3.63, 3.8) is 0 Å². The number of ether oxygens (including phenoxy) is 1. The quantitative estimate of drug-likeness (QED) is 0.850. The monoisotopic (exact) mass is 352 g/mol. The van der Waals surface area contributed by atoms with Gasteiger partial charge < -0.3 is 14.5 Å². The van der Waals surface area contributed by atoms with Crippen LogP contribution in [0.2, 0.25) is 0 Å². The zero-order valence-electron chi connectivity index (χ0n) is 15.1. The molecule has 0 aromatic heterocycles. The van der Waals surface area contributed by atoms with Crippen molar-refractivity contribution >= 4 is 22.6 Å². The Bertz CT molecular complexity index is 845. The zero-order valence-corrected chi connectivity index (χ0v) is 15.1. The summed E-state index contributed by atoms with van der Waals surface area (Å²) < 4.78 is 5.10. The summed E-state index contributed by atoms with van der Waals surface area (Å²) in [5, 5.41) is 2.04. The molecule has 0 aliphatic carbocycles. The van der Waals surface area contributed by atoms with Gasteiger partial charge in [0.05, 0.1) is 12.0 Å². The number of hydrogen-bond acceptors (Lipinski definition) is 3. The molecule has 136 valence electrons. The lowest BCUT2D eigenvalue weighted by Gasteiger charge is -2.24. The molecule has 2 aliphatic heterocycles. The topological polar surface area (TPSA) is 49.9 Å². The molecule has 0 N–H and O–H groups in total. The number of rotatable bonds is 4. The summed E-state index contributed by atoms with van der Waals surface area (Å²) in [6.45, 7) is 3.12. The van der Waals surface area contributed by atoms with Gasteiger partial charge in [-0.05, 0) is 29.7 Å². The lowest BCUT2D eigenvalue weighted by molar-refractivity contribution is -0.135. The van der Waals surface area contributed by atoms with Gasteiger partial charge in [-0.3, -0.25) is 9.59 Å². The second-order valence-electron chi connectivity index (χ2n) is 7.32. The maximum absolute atomic E-state index is 13.1. The number of benzene rings is 2. The van der Waals surface area contributed by atoms with Crippen molar-refractivity contribution in [1.29, 1.82) is 0 Å². The first-order valence-corrected chi connectivity index (χ1v) is 9.20. The number of likely N-dealkylation sites (tertiary alicyclic amines) is 2. The average Bonchev–Trinajstić information content (AvgIpc) is 3.24. The average molecular weight is 352 g/mol. The van der Waals surface area contributed by atoms with Crippen LogP contribution in [0.4, 0.5) is 0 Å². The van der Waals surface area contributed by atoms with E-state index in [1.165, 1.54) is 0 Å². The van der Waals surface area contributed by atoms with Crippen molar-refractivity contribution in [3.8, 4) is 0 Å². The summed E-state index contributed by atoms with van der Waals surface area (Å²) in [5.74, 6) is 0.213. The summed E-state index contributed by atoms with van der Waals surface area (Å²) in [7, 11) is 1.65. The molecule has 5 heteroatoms. The molecule has 0 radical (unpaired) electrons. The molecular weight excluding hydrogens is 328 g/mol. The number of amides is 2. The molecule has 2 saturated heterocycles. The lowest BCUT2D eigenvalue weighted by atomic mass is 9.85. The van der Waals surface area contributed by atoms with E-state index < -0.39 is 5.41 Å². The Balaban J connectivity index is 1.54. The molecule has 4 rings (SSSR count). The predicted molar refractivity (Wildman–Crippen MR) is 100.0 cm³/mol. The minimum atomic E-state index is -0.395. The summed E-state index contributed by atoms with van der Waals surface area (Å²) in [5.41, 5.74) is 0.329. The minimum absolute atomic E-state index is 0.0295. The van der Waals surface area contributed by atoms with E-state index in [1.807, 2.05) is 52.3 Å². The van der Waals surface area contributed by atoms with E-state index in [9.17, 15) is 9.59 Å². The van der Waals surface area contributed by atoms with E-state index >= 15 is 0 Å². The largest absolute Gasteiger partial charge is 0.383 e. The Kier molecular flexibility index (Phi) is 4.41. The number of nitrogens with zero attached hydrogens (tertiary/aromatic N) is 2. The van der Waals surface area contributed by atoms with Crippen LogP contribution in [-0.2, 0) is 9.53 Å². The van der Waals surface area contributed by atoms with Gasteiger partial charge in [0.2, 0.25) is 5.91 Å². The van der Waals surface area contributed by atoms with Crippen molar-refractivity contribution in [1.82, 2.24) is 9.80 Å². The highest BCUT2D eigenvalue weighted by Gasteiger charge is 2.51. The van der Waals surface area contributed by atoms with Gasteiger partial charge >= 0.3 is 0 Å². The minimum Gasteiger partial charge on any atom is -0.383 e. The Morgan fingerprint density at radius 1 is 1.12 bits per heavy atom. The molecule has 1 spiro atoms. The lowest BCUT2D eigenvalue weighted by Crippen LogP contribution is -2.39. The third kappa shape index (κ3) is 2.76. The van der Waals surface area contributed by atoms with Crippen molar-refractivity contribution in [2.45, 2.75) is 12.8 Å². The Morgan fingerprint density at radius 2 is 1.88 bits per heavy atom. The molecule has 0 bridgehead atoms. The zero-order chi connectivity index (χ0) is 18.1. The van der Waals surface area contributed by atoms with Gasteiger partial charge in [0.25, 0.3) is 5.91 Å². The van der Waals surface area contributed by atoms with Crippen molar-refractivity contribution in [3.05, 3.63) is 48.0 Å². The number of fused-ring (bicyclic) bond motifs is 1. The number of methoxy groups -OCH3 is 1. The molecule has 0 saturated carbocycles. The van der Waals surface area contributed by atoms with Gasteiger partial charge in [-0.1, -0.05) is 36.4 Å². The molecule has 1 unspecified atom stereocenters. The first-order chi connectivity index (χ1) is 12.6. The fourth-order valence-corrected chi connectivity index (χ4v) is 4.31. The standard InChI is InChI=1S/C21H24N2O3/c1-26-14-13-22-11-9-21(20(22)25)10-12-23(15-21)19(24)18-8-4-6-16-5-2-3-7-17(16)18/h2-8H,9-15H2,1H3. The molecule has 1 atom stereocenters. The highest BCUT2D eigenvalue weighted by Crippen LogP contribution is 2.41. The van der Waals surface area contributed by atoms with Gasteiger partial charge in [-0.2, -0.15) is 0 Å². The van der Waals surface area contributed by atoms with E-state index in [0.717, 1.165) is 35.7 Å². The molecule has 26 heavy (non-hydrogen) atoms. The van der Waals surface area contributed by atoms with Crippen LogP contribution in [0.1, 0.15) is 23.2 Å². The third-order valence-electron chi connectivity index (χ3n) is 5.83. The third-order valence-corrected chi connectivity index (χ3v) is 5.83. The Labute approximate surface area is 153 Å². The molecule has 2 heterocycles. The SMILES string of the molecule is COCCN1CCC2(CCN(C(=O)c3cccc4ccccc34)C2)C1=O. The van der Waals surface area contributed by atoms with Gasteiger partial charge in [0.1, 0.15) is 0 Å². The first-order valence-electron chi connectivity index (χ1n) is 9.20. The summed E-state index contributed by atoms with van der Waals surface area (Å²) >= 11 is 0. The van der Waals surface area contributed by atoms with E-state index in [-0.39, 0.29) is 11.8 Å². The van der Waals surface area contributed by atoms with Crippen molar-refractivity contribution in [2.75, 3.05) is 39.9 Å². The van der Waals surface area contributed by atoms with E-state index in [0.29, 0.717) is 26.2 Å². The Morgan fingerprint density at radius 3 is 2.73 bits per heavy atom. The van der Waals surface area contributed by atoms with Crippen LogP contribution < -0.4 is 0 Å². The van der Waals surface area contributed by atoms with Gasteiger partial charge in [0.15, 0.2) is 0 Å². The van der Waals surface area contributed by atoms with Crippen LogP contribution >= 0.6 is 0 Å². The smallest absolute Gasteiger partial charge is 0.254 e. The molecule has 2 aliphatic rings. The predicted octanol–water partition coefficient (Wildman–Crippen LogP) is 2.55. The van der Waals surface area contributed by atoms with Gasteiger partial charge in [0, 0.05) is 38.9 Å². The molecule has 2 aromatic carbocycles.